The number of carboxylic acid groups (broad SMARTS) is 2. The Hall–Kier alpha value is -0.697. The van der Waals surface area contributed by atoms with E-state index in [1.807, 2.05) is 0 Å². The van der Waals surface area contributed by atoms with Crippen LogP contribution in [0.3, 0.4) is 0 Å². The van der Waals surface area contributed by atoms with Crippen molar-refractivity contribution in [1.29, 1.82) is 0 Å². The fourth-order valence-corrected chi connectivity index (χ4v) is 1.36. The van der Waals surface area contributed by atoms with Crippen LogP contribution in [0.5, 0.6) is 0 Å². The first-order valence-electron chi connectivity index (χ1n) is 3.75. The molecule has 0 aromatic heterocycles. The Morgan fingerprint density at radius 3 is 2.23 bits per heavy atom. The van der Waals surface area contributed by atoms with Crippen LogP contribution in [-0.4, -0.2) is 22.2 Å². The molecule has 1 rings (SSSR count). The topological polar surface area (TPSA) is 74.6 Å². The van der Waals surface area contributed by atoms with Gasteiger partial charge in [0.15, 0.2) is 0 Å². The van der Waals surface area contributed by atoms with E-state index >= 15 is 0 Å². The molecule has 13 heavy (non-hydrogen) atoms. The first kappa shape index (κ1) is 12.3. The van der Waals surface area contributed by atoms with Gasteiger partial charge in [-0.15, -0.1) is 0 Å². The Labute approximate surface area is 88.4 Å². The van der Waals surface area contributed by atoms with Crippen molar-refractivity contribution in [2.24, 2.45) is 11.8 Å². The van der Waals surface area contributed by atoms with Crippen LogP contribution in [0.15, 0.2) is 12.2 Å². The molecule has 5 heteroatoms. The molecule has 4 nitrogen and oxygen atoms in total. The zero-order chi connectivity index (χ0) is 9.14. The maximum Gasteiger partial charge on any atom is 0.311 e. The van der Waals surface area contributed by atoms with E-state index in [-0.39, 0.29) is 19.5 Å². The minimum absolute atomic E-state index is 0. The number of carboxylic acids is 2. The normalized spacial score (nSPS) is 26.2. The minimum atomic E-state index is -1.06. The van der Waals surface area contributed by atoms with Crippen LogP contribution >= 0.6 is 0 Å². The van der Waals surface area contributed by atoms with Crippen molar-refractivity contribution in [3.8, 4) is 0 Å². The maximum atomic E-state index is 10.6. The summed E-state index contributed by atoms with van der Waals surface area (Å²) in [6.45, 7) is 0. The van der Waals surface area contributed by atoms with Crippen LogP contribution in [0.2, 0.25) is 0 Å². The molecule has 0 spiro atoms. The van der Waals surface area contributed by atoms with Gasteiger partial charge in [0.05, 0.1) is 11.8 Å². The van der Waals surface area contributed by atoms with Gasteiger partial charge in [0.25, 0.3) is 0 Å². The van der Waals surface area contributed by atoms with Crippen LogP contribution in [0.25, 0.3) is 0 Å². The number of hydrogen-bond donors (Lipinski definition) is 2. The molecule has 0 bridgehead atoms. The SMILES string of the molecule is O=C(O)C1C=CCCC1C(=O)O.[Ru]. The summed E-state index contributed by atoms with van der Waals surface area (Å²) in [6, 6.07) is 0. The summed E-state index contributed by atoms with van der Waals surface area (Å²) >= 11 is 0. The van der Waals surface area contributed by atoms with Gasteiger partial charge < -0.3 is 10.2 Å². The Morgan fingerprint density at radius 2 is 1.85 bits per heavy atom. The van der Waals surface area contributed by atoms with Crippen LogP contribution in [0.4, 0.5) is 0 Å². The third-order valence-corrected chi connectivity index (χ3v) is 2.02. The van der Waals surface area contributed by atoms with Crippen molar-refractivity contribution in [3.05, 3.63) is 12.2 Å². The van der Waals surface area contributed by atoms with E-state index in [1.165, 1.54) is 6.08 Å². The molecule has 0 amide bonds. The number of aliphatic carboxylic acids is 2. The molecule has 0 radical (unpaired) electrons. The molecule has 0 fully saturated rings. The van der Waals surface area contributed by atoms with Gasteiger partial charge in [-0.3, -0.25) is 9.59 Å². The second-order valence-corrected chi connectivity index (χ2v) is 2.81. The van der Waals surface area contributed by atoms with Crippen molar-refractivity contribution in [2.45, 2.75) is 12.8 Å². The van der Waals surface area contributed by atoms with Crippen molar-refractivity contribution in [1.82, 2.24) is 0 Å². The molecule has 1 aliphatic carbocycles. The third kappa shape index (κ3) is 2.92. The van der Waals surface area contributed by atoms with Gasteiger partial charge in [-0.25, -0.2) is 0 Å². The maximum absolute atomic E-state index is 10.6. The molecule has 74 valence electrons. The Morgan fingerprint density at radius 1 is 1.23 bits per heavy atom. The van der Waals surface area contributed by atoms with Gasteiger partial charge in [-0.05, 0) is 12.8 Å². The van der Waals surface area contributed by atoms with Crippen molar-refractivity contribution >= 4 is 11.9 Å². The average molecular weight is 271 g/mol. The molecule has 0 aromatic carbocycles. The molecule has 2 N–H and O–H groups in total. The average Bonchev–Trinajstić information content (AvgIpc) is 2.04. The predicted octanol–water partition coefficient (Wildman–Crippen LogP) is 0.736. The molecule has 0 heterocycles. The van der Waals surface area contributed by atoms with E-state index in [9.17, 15) is 9.59 Å². The summed E-state index contributed by atoms with van der Waals surface area (Å²) in [4.78, 5) is 21.1. The van der Waals surface area contributed by atoms with E-state index < -0.39 is 23.8 Å². The first-order valence-corrected chi connectivity index (χ1v) is 3.75. The van der Waals surface area contributed by atoms with Crippen LogP contribution in [0, 0.1) is 11.8 Å². The molecular weight excluding hydrogens is 261 g/mol. The molecule has 1 aliphatic rings. The van der Waals surface area contributed by atoms with E-state index in [0.29, 0.717) is 12.8 Å². The van der Waals surface area contributed by atoms with Gasteiger partial charge in [0.2, 0.25) is 0 Å². The standard InChI is InChI=1S/C8H10O4.Ru/c9-7(10)5-3-1-2-4-6(5)8(11)12;/h1,3,5-6H,2,4H2,(H,9,10)(H,11,12);. The zero-order valence-corrected chi connectivity index (χ0v) is 8.53. The number of hydrogen-bond acceptors (Lipinski definition) is 2. The quantitative estimate of drug-likeness (QED) is 0.573. The Bertz CT molecular complexity index is 236. The summed E-state index contributed by atoms with van der Waals surface area (Å²) in [5.41, 5.74) is 0. The second kappa shape index (κ2) is 5.12. The summed E-state index contributed by atoms with van der Waals surface area (Å²) in [5.74, 6) is -3.69. The van der Waals surface area contributed by atoms with E-state index in [2.05, 4.69) is 0 Å². The fraction of sp³-hybridized carbons (Fsp3) is 0.500. The smallest absolute Gasteiger partial charge is 0.311 e. The monoisotopic (exact) mass is 272 g/mol. The number of allylic oxidation sites excluding steroid dienone is 1. The Balaban J connectivity index is 0.00000144. The van der Waals surface area contributed by atoms with Crippen molar-refractivity contribution < 1.29 is 39.3 Å². The summed E-state index contributed by atoms with van der Waals surface area (Å²) < 4.78 is 0. The van der Waals surface area contributed by atoms with E-state index in [1.54, 1.807) is 6.08 Å². The van der Waals surface area contributed by atoms with Crippen LogP contribution in [-0.2, 0) is 29.1 Å². The largest absolute Gasteiger partial charge is 0.481 e. The van der Waals surface area contributed by atoms with Gasteiger partial charge in [0, 0.05) is 19.5 Å². The molecule has 0 aliphatic heterocycles. The summed E-state index contributed by atoms with van der Waals surface area (Å²) in [5, 5.41) is 17.3. The van der Waals surface area contributed by atoms with Crippen molar-refractivity contribution in [2.75, 3.05) is 0 Å². The summed E-state index contributed by atoms with van der Waals surface area (Å²) in [6.07, 6.45) is 4.26. The fourth-order valence-electron chi connectivity index (χ4n) is 1.36. The predicted molar refractivity (Wildman–Crippen MR) is 40.6 cm³/mol. The first-order chi connectivity index (χ1) is 5.63. The second-order valence-electron chi connectivity index (χ2n) is 2.81. The van der Waals surface area contributed by atoms with Gasteiger partial charge >= 0.3 is 11.9 Å². The molecule has 0 saturated carbocycles. The molecule has 2 unspecified atom stereocenters. The van der Waals surface area contributed by atoms with Gasteiger partial charge in [0.1, 0.15) is 0 Å². The number of carbonyl (C=O) groups is 2. The van der Waals surface area contributed by atoms with Gasteiger partial charge in [-0.1, -0.05) is 12.2 Å². The number of rotatable bonds is 2. The molecule has 0 saturated heterocycles. The molecule has 0 aromatic rings. The van der Waals surface area contributed by atoms with Crippen LogP contribution in [0.1, 0.15) is 12.8 Å². The van der Waals surface area contributed by atoms with Crippen LogP contribution < -0.4 is 0 Å². The minimum Gasteiger partial charge on any atom is -0.481 e. The molecular formula is C8H10O4Ru. The Kier molecular flexibility index (Phi) is 4.85. The summed E-state index contributed by atoms with van der Waals surface area (Å²) in [7, 11) is 0. The van der Waals surface area contributed by atoms with E-state index in [0.717, 1.165) is 0 Å². The molecule has 2 atom stereocenters. The van der Waals surface area contributed by atoms with E-state index in [4.69, 9.17) is 10.2 Å². The zero-order valence-electron chi connectivity index (χ0n) is 6.79. The van der Waals surface area contributed by atoms with Gasteiger partial charge in [-0.2, -0.15) is 0 Å². The van der Waals surface area contributed by atoms with Crippen molar-refractivity contribution in [3.63, 3.8) is 0 Å². The third-order valence-electron chi connectivity index (χ3n) is 2.02.